The predicted molar refractivity (Wildman–Crippen MR) is 123 cm³/mol. The fraction of sp³-hybridized carbons (Fsp3) is 0.280. The number of ether oxygens (including phenoxy) is 1. The van der Waals surface area contributed by atoms with Gasteiger partial charge in [0.25, 0.3) is 5.91 Å². The second-order valence-electron chi connectivity index (χ2n) is 7.89. The smallest absolute Gasteiger partial charge is 0.339 e. The number of carbonyl (C=O) groups is 3. The number of fused-ring (bicyclic) bond motifs is 2. The number of hydrogen-bond donors (Lipinski definition) is 1. The first-order valence-electron chi connectivity index (χ1n) is 10.7. The topological polar surface area (TPSA) is 88.6 Å². The molecule has 0 saturated carbocycles. The first kappa shape index (κ1) is 21.5. The molecule has 1 aliphatic rings. The number of benzene rings is 2. The average Bonchev–Trinajstić information content (AvgIpc) is 2.90. The van der Waals surface area contributed by atoms with E-state index in [2.05, 4.69) is 10.3 Å². The van der Waals surface area contributed by atoms with Crippen molar-refractivity contribution in [3.63, 3.8) is 0 Å². The van der Waals surface area contributed by atoms with E-state index in [0.717, 1.165) is 11.3 Å². The summed E-state index contributed by atoms with van der Waals surface area (Å²) in [6.07, 6.45) is 0.835. The maximum Gasteiger partial charge on any atom is 0.339 e. The Morgan fingerprint density at radius 3 is 2.66 bits per heavy atom. The van der Waals surface area contributed by atoms with Crippen molar-refractivity contribution in [2.45, 2.75) is 39.7 Å². The summed E-state index contributed by atoms with van der Waals surface area (Å²) >= 11 is 0. The summed E-state index contributed by atoms with van der Waals surface area (Å²) in [6.45, 7) is 5.20. The van der Waals surface area contributed by atoms with Crippen LogP contribution < -0.4 is 10.2 Å². The summed E-state index contributed by atoms with van der Waals surface area (Å²) in [5.41, 5.74) is 3.87. The van der Waals surface area contributed by atoms with Gasteiger partial charge in [-0.1, -0.05) is 37.3 Å². The average molecular weight is 431 g/mol. The molecular formula is C25H25N3O4. The minimum absolute atomic E-state index is 0.155. The van der Waals surface area contributed by atoms with Gasteiger partial charge in [-0.2, -0.15) is 0 Å². The Kier molecular flexibility index (Phi) is 5.90. The van der Waals surface area contributed by atoms with Gasteiger partial charge in [0, 0.05) is 23.5 Å². The van der Waals surface area contributed by atoms with Crippen LogP contribution in [0.25, 0.3) is 10.9 Å². The van der Waals surface area contributed by atoms with Crippen molar-refractivity contribution in [1.82, 2.24) is 4.98 Å². The molecule has 1 N–H and O–H groups in total. The minimum atomic E-state index is -0.561. The number of hydrogen-bond acceptors (Lipinski definition) is 5. The molecule has 1 aliphatic heterocycles. The molecule has 1 unspecified atom stereocenters. The lowest BCUT2D eigenvalue weighted by molar-refractivity contribution is -0.122. The number of rotatable bonds is 4. The number of aromatic nitrogens is 1. The number of esters is 1. The zero-order chi connectivity index (χ0) is 22.8. The van der Waals surface area contributed by atoms with Gasteiger partial charge in [0.05, 0.1) is 22.5 Å². The number of aryl methyl sites for hydroxylation is 1. The third-order valence-electron chi connectivity index (χ3n) is 5.73. The zero-order valence-corrected chi connectivity index (χ0v) is 18.3. The van der Waals surface area contributed by atoms with Crippen LogP contribution in [0.2, 0.25) is 0 Å². The molecule has 0 spiro atoms. The lowest BCUT2D eigenvalue weighted by Crippen LogP contribution is -2.41. The monoisotopic (exact) mass is 431 g/mol. The molecule has 32 heavy (non-hydrogen) atoms. The standard InChI is InChI=1S/C25H25N3O4/c1-4-18-16(3)24(17-9-5-6-10-19(17)26-18)25(31)32-14-23(30)28-15(2)13-22(29)27-20-11-7-8-12-21(20)28/h5-12,15H,4,13-14H2,1-3H3,(H,27,29). The molecule has 7 nitrogen and oxygen atoms in total. The quantitative estimate of drug-likeness (QED) is 0.630. The van der Waals surface area contributed by atoms with Crippen molar-refractivity contribution in [3.05, 3.63) is 65.4 Å². The van der Waals surface area contributed by atoms with E-state index in [1.807, 2.05) is 38.1 Å². The molecule has 1 aromatic heterocycles. The Hall–Kier alpha value is -3.74. The number of nitrogens with one attached hydrogen (secondary N) is 1. The molecule has 2 amide bonds. The van der Waals surface area contributed by atoms with Crippen molar-refractivity contribution >= 4 is 40.1 Å². The van der Waals surface area contributed by atoms with Crippen molar-refractivity contribution in [3.8, 4) is 0 Å². The first-order chi connectivity index (χ1) is 15.4. The van der Waals surface area contributed by atoms with Crippen LogP contribution in [0.4, 0.5) is 11.4 Å². The van der Waals surface area contributed by atoms with Gasteiger partial charge in [-0.05, 0) is 44.0 Å². The van der Waals surface area contributed by atoms with Gasteiger partial charge >= 0.3 is 5.97 Å². The van der Waals surface area contributed by atoms with Crippen LogP contribution in [0.1, 0.15) is 41.9 Å². The van der Waals surface area contributed by atoms with Gasteiger partial charge in [-0.3, -0.25) is 14.6 Å². The van der Waals surface area contributed by atoms with Crippen molar-refractivity contribution < 1.29 is 19.1 Å². The van der Waals surface area contributed by atoms with Crippen LogP contribution in [0.5, 0.6) is 0 Å². The summed E-state index contributed by atoms with van der Waals surface area (Å²) in [5.74, 6) is -1.11. The molecule has 0 saturated heterocycles. The van der Waals surface area contributed by atoms with E-state index in [1.165, 1.54) is 4.90 Å². The molecule has 164 valence electrons. The molecular weight excluding hydrogens is 406 g/mol. The lowest BCUT2D eigenvalue weighted by atomic mass is 10.0. The molecule has 2 aromatic carbocycles. The maximum absolute atomic E-state index is 13.1. The largest absolute Gasteiger partial charge is 0.452 e. The van der Waals surface area contributed by atoms with Crippen LogP contribution >= 0.6 is 0 Å². The number of amides is 2. The molecule has 3 aromatic rings. The van der Waals surface area contributed by atoms with Gasteiger partial charge < -0.3 is 15.0 Å². The Labute approximate surface area is 186 Å². The summed E-state index contributed by atoms with van der Waals surface area (Å²) < 4.78 is 5.50. The summed E-state index contributed by atoms with van der Waals surface area (Å²) in [5, 5.41) is 3.52. The SMILES string of the molecule is CCc1nc2ccccc2c(C(=O)OCC(=O)N2c3ccccc3NC(=O)CC2C)c1C. The highest BCUT2D eigenvalue weighted by atomic mass is 16.5. The molecule has 2 heterocycles. The Morgan fingerprint density at radius 2 is 1.88 bits per heavy atom. The van der Waals surface area contributed by atoms with Gasteiger partial charge in [-0.25, -0.2) is 4.79 Å². The normalized spacial score (nSPS) is 15.7. The minimum Gasteiger partial charge on any atom is -0.452 e. The van der Waals surface area contributed by atoms with Crippen molar-refractivity contribution in [2.75, 3.05) is 16.8 Å². The van der Waals surface area contributed by atoms with E-state index in [0.29, 0.717) is 34.3 Å². The highest BCUT2D eigenvalue weighted by Crippen LogP contribution is 2.31. The fourth-order valence-corrected chi connectivity index (χ4v) is 4.20. The zero-order valence-electron chi connectivity index (χ0n) is 18.3. The summed E-state index contributed by atoms with van der Waals surface area (Å²) in [4.78, 5) is 44.5. The fourth-order valence-electron chi connectivity index (χ4n) is 4.20. The second kappa shape index (κ2) is 8.78. The molecule has 0 aliphatic carbocycles. The molecule has 7 heteroatoms. The van der Waals surface area contributed by atoms with Crippen LogP contribution in [-0.2, 0) is 20.7 Å². The van der Waals surface area contributed by atoms with Crippen molar-refractivity contribution in [1.29, 1.82) is 0 Å². The van der Waals surface area contributed by atoms with E-state index >= 15 is 0 Å². The number of carbonyl (C=O) groups excluding carboxylic acids is 3. The third-order valence-corrected chi connectivity index (χ3v) is 5.73. The second-order valence-corrected chi connectivity index (χ2v) is 7.89. The molecule has 0 radical (unpaired) electrons. The van der Waals surface area contributed by atoms with Gasteiger partial charge in [0.15, 0.2) is 6.61 Å². The van der Waals surface area contributed by atoms with E-state index in [9.17, 15) is 14.4 Å². The van der Waals surface area contributed by atoms with Crippen LogP contribution in [0.3, 0.4) is 0 Å². The number of pyridine rings is 1. The van der Waals surface area contributed by atoms with E-state index < -0.39 is 12.6 Å². The maximum atomic E-state index is 13.1. The molecule has 0 fully saturated rings. The van der Waals surface area contributed by atoms with E-state index in [1.54, 1.807) is 31.2 Å². The highest BCUT2D eigenvalue weighted by molar-refractivity contribution is 6.07. The van der Waals surface area contributed by atoms with E-state index in [-0.39, 0.29) is 24.3 Å². The lowest BCUT2D eigenvalue weighted by Gasteiger charge is -2.27. The Bertz CT molecular complexity index is 1220. The predicted octanol–water partition coefficient (Wildman–Crippen LogP) is 4.03. The Morgan fingerprint density at radius 1 is 1.16 bits per heavy atom. The first-order valence-corrected chi connectivity index (χ1v) is 10.7. The highest BCUT2D eigenvalue weighted by Gasteiger charge is 2.30. The summed E-state index contributed by atoms with van der Waals surface area (Å²) in [7, 11) is 0. The summed E-state index contributed by atoms with van der Waals surface area (Å²) in [6, 6.07) is 14.1. The third kappa shape index (κ3) is 3.93. The molecule has 0 bridgehead atoms. The molecule has 1 atom stereocenters. The number of nitrogens with zero attached hydrogens (tertiary/aromatic N) is 2. The van der Waals surface area contributed by atoms with Crippen LogP contribution in [-0.4, -0.2) is 35.4 Å². The van der Waals surface area contributed by atoms with Crippen molar-refractivity contribution in [2.24, 2.45) is 0 Å². The van der Waals surface area contributed by atoms with Crippen LogP contribution in [0.15, 0.2) is 48.5 Å². The van der Waals surface area contributed by atoms with E-state index in [4.69, 9.17) is 4.74 Å². The van der Waals surface area contributed by atoms with Gasteiger partial charge in [0.2, 0.25) is 5.91 Å². The van der Waals surface area contributed by atoms with Crippen LogP contribution in [0, 0.1) is 6.92 Å². The number of para-hydroxylation sites is 3. The van der Waals surface area contributed by atoms with Gasteiger partial charge in [0.1, 0.15) is 0 Å². The Balaban J connectivity index is 1.61. The molecule has 4 rings (SSSR count). The number of anilines is 2. The van der Waals surface area contributed by atoms with Gasteiger partial charge in [-0.15, -0.1) is 0 Å².